The Morgan fingerprint density at radius 2 is 2.10 bits per heavy atom. The highest BCUT2D eigenvalue weighted by Gasteiger charge is 2.38. The molecule has 2 rings (SSSR count). The van der Waals surface area contributed by atoms with Crippen molar-refractivity contribution in [3.63, 3.8) is 0 Å². The molecule has 1 heterocycles. The van der Waals surface area contributed by atoms with Gasteiger partial charge in [-0.2, -0.15) is 4.31 Å². The van der Waals surface area contributed by atoms with Gasteiger partial charge in [-0.05, 0) is 25.7 Å². The summed E-state index contributed by atoms with van der Waals surface area (Å²) in [4.78, 5) is 12.1. The van der Waals surface area contributed by atoms with E-state index in [0.717, 1.165) is 12.8 Å². The van der Waals surface area contributed by atoms with Gasteiger partial charge in [0.2, 0.25) is 15.9 Å². The van der Waals surface area contributed by atoms with Crippen LogP contribution < -0.4 is 5.32 Å². The van der Waals surface area contributed by atoms with E-state index in [4.69, 9.17) is 16.3 Å². The van der Waals surface area contributed by atoms with Crippen molar-refractivity contribution in [3.8, 4) is 0 Å². The van der Waals surface area contributed by atoms with Crippen molar-refractivity contribution in [3.05, 3.63) is 0 Å². The van der Waals surface area contributed by atoms with Gasteiger partial charge >= 0.3 is 0 Å². The van der Waals surface area contributed by atoms with Crippen LogP contribution in [0.3, 0.4) is 0 Å². The van der Waals surface area contributed by atoms with Crippen LogP contribution in [0.4, 0.5) is 0 Å². The van der Waals surface area contributed by atoms with Crippen molar-refractivity contribution in [1.82, 2.24) is 9.62 Å². The lowest BCUT2D eigenvalue weighted by Gasteiger charge is -2.33. The van der Waals surface area contributed by atoms with E-state index < -0.39 is 16.1 Å². The SMILES string of the molecule is O=C(NC1CC1)C1COCCN1S(=O)(=O)CCCCCl. The maximum absolute atomic E-state index is 12.3. The van der Waals surface area contributed by atoms with Crippen LogP contribution in [-0.2, 0) is 19.6 Å². The molecule has 1 aliphatic heterocycles. The van der Waals surface area contributed by atoms with Crippen LogP contribution in [-0.4, -0.2) is 62.1 Å². The normalized spacial score (nSPS) is 24.6. The number of morpholine rings is 1. The van der Waals surface area contributed by atoms with Gasteiger partial charge in [0.15, 0.2) is 0 Å². The molecule has 8 heteroatoms. The number of amides is 1. The van der Waals surface area contributed by atoms with Crippen LogP contribution >= 0.6 is 11.6 Å². The molecule has 1 unspecified atom stereocenters. The van der Waals surface area contributed by atoms with Gasteiger partial charge in [-0.25, -0.2) is 8.42 Å². The first kappa shape index (κ1) is 16.0. The Morgan fingerprint density at radius 3 is 2.75 bits per heavy atom. The third kappa shape index (κ3) is 4.31. The average molecular weight is 325 g/mol. The molecule has 2 fully saturated rings. The van der Waals surface area contributed by atoms with Gasteiger partial charge in [0.25, 0.3) is 0 Å². The molecule has 0 aromatic carbocycles. The zero-order chi connectivity index (χ0) is 14.6. The summed E-state index contributed by atoms with van der Waals surface area (Å²) >= 11 is 5.57. The number of nitrogens with one attached hydrogen (secondary N) is 1. The Kier molecular flexibility index (Phi) is 5.65. The minimum Gasteiger partial charge on any atom is -0.378 e. The number of halogens is 1. The lowest BCUT2D eigenvalue weighted by molar-refractivity contribution is -0.129. The summed E-state index contributed by atoms with van der Waals surface area (Å²) in [5, 5.41) is 2.85. The quantitative estimate of drug-likeness (QED) is 0.540. The topological polar surface area (TPSA) is 75.7 Å². The number of nitrogens with zero attached hydrogens (tertiary/aromatic N) is 1. The molecule has 1 aliphatic carbocycles. The Balaban J connectivity index is 1.99. The van der Waals surface area contributed by atoms with Crippen molar-refractivity contribution >= 4 is 27.5 Å². The Morgan fingerprint density at radius 1 is 1.35 bits per heavy atom. The first-order valence-corrected chi connectivity index (χ1v) is 9.12. The van der Waals surface area contributed by atoms with E-state index in [0.29, 0.717) is 25.3 Å². The molecular formula is C12H21ClN2O4S. The summed E-state index contributed by atoms with van der Waals surface area (Å²) in [6.45, 7) is 0.710. The molecule has 1 amide bonds. The molecular weight excluding hydrogens is 304 g/mol. The number of carbonyl (C=O) groups excluding carboxylic acids is 1. The smallest absolute Gasteiger partial charge is 0.241 e. The second kappa shape index (κ2) is 7.06. The largest absolute Gasteiger partial charge is 0.378 e. The summed E-state index contributed by atoms with van der Waals surface area (Å²) in [7, 11) is -3.43. The molecule has 0 bridgehead atoms. The molecule has 2 aliphatic rings. The van der Waals surface area contributed by atoms with Gasteiger partial charge in [-0.15, -0.1) is 11.6 Å². The molecule has 1 atom stereocenters. The maximum atomic E-state index is 12.3. The molecule has 0 radical (unpaired) electrons. The van der Waals surface area contributed by atoms with Gasteiger partial charge in [-0.3, -0.25) is 4.79 Å². The number of rotatable bonds is 7. The zero-order valence-corrected chi connectivity index (χ0v) is 13.0. The number of hydrogen-bond acceptors (Lipinski definition) is 4. The molecule has 0 aromatic heterocycles. The lowest BCUT2D eigenvalue weighted by Crippen LogP contribution is -2.56. The number of alkyl halides is 1. The van der Waals surface area contributed by atoms with E-state index in [1.165, 1.54) is 4.31 Å². The third-order valence-corrected chi connectivity index (χ3v) is 5.67. The van der Waals surface area contributed by atoms with Crippen LogP contribution in [0.5, 0.6) is 0 Å². The first-order chi connectivity index (χ1) is 9.54. The second-order valence-corrected chi connectivity index (χ2v) is 7.62. The van der Waals surface area contributed by atoms with E-state index in [1.54, 1.807) is 0 Å². The highest BCUT2D eigenvalue weighted by atomic mass is 35.5. The van der Waals surface area contributed by atoms with Gasteiger partial charge in [0.05, 0.1) is 19.0 Å². The van der Waals surface area contributed by atoms with Gasteiger partial charge < -0.3 is 10.1 Å². The van der Waals surface area contributed by atoms with Gasteiger partial charge in [0.1, 0.15) is 6.04 Å². The molecule has 20 heavy (non-hydrogen) atoms. The van der Waals surface area contributed by atoms with Gasteiger partial charge in [-0.1, -0.05) is 0 Å². The monoisotopic (exact) mass is 324 g/mol. The van der Waals surface area contributed by atoms with Crippen molar-refractivity contribution in [2.24, 2.45) is 0 Å². The second-order valence-electron chi connectivity index (χ2n) is 5.20. The molecule has 0 aromatic rings. The predicted octanol–water partition coefficient (Wildman–Crippen LogP) is 0.315. The van der Waals surface area contributed by atoms with Crippen molar-refractivity contribution in [1.29, 1.82) is 0 Å². The number of sulfonamides is 1. The molecule has 1 N–H and O–H groups in total. The van der Waals surface area contributed by atoms with E-state index in [-0.39, 0.29) is 30.9 Å². The van der Waals surface area contributed by atoms with Crippen LogP contribution in [0.25, 0.3) is 0 Å². The number of unbranched alkanes of at least 4 members (excludes halogenated alkanes) is 1. The molecule has 1 saturated carbocycles. The van der Waals surface area contributed by atoms with E-state index in [9.17, 15) is 13.2 Å². The number of carbonyl (C=O) groups is 1. The summed E-state index contributed by atoms with van der Waals surface area (Å²) in [6, 6.07) is -0.518. The van der Waals surface area contributed by atoms with Crippen molar-refractivity contribution < 1.29 is 17.9 Å². The first-order valence-electron chi connectivity index (χ1n) is 6.98. The standard InChI is InChI=1S/C12H21ClN2O4S/c13-5-1-2-8-20(17,18)15-6-7-19-9-11(15)12(16)14-10-3-4-10/h10-11H,1-9H2,(H,14,16). The Hall–Kier alpha value is -0.370. The minimum absolute atomic E-state index is 0.0347. The fraction of sp³-hybridized carbons (Fsp3) is 0.917. The fourth-order valence-corrected chi connectivity index (χ4v) is 4.04. The zero-order valence-electron chi connectivity index (χ0n) is 11.4. The predicted molar refractivity (Wildman–Crippen MR) is 76.2 cm³/mol. The van der Waals surface area contributed by atoms with Crippen molar-refractivity contribution in [2.45, 2.75) is 37.8 Å². The lowest BCUT2D eigenvalue weighted by atomic mass is 10.2. The third-order valence-electron chi connectivity index (χ3n) is 3.45. The van der Waals surface area contributed by atoms with E-state index in [1.807, 2.05) is 0 Å². The Labute approximate surface area is 124 Å². The molecule has 1 saturated heterocycles. The summed E-state index contributed by atoms with van der Waals surface area (Å²) < 4.78 is 31.2. The highest BCUT2D eigenvalue weighted by molar-refractivity contribution is 7.89. The van der Waals surface area contributed by atoms with Crippen LogP contribution in [0.15, 0.2) is 0 Å². The Bertz CT molecular complexity index is 439. The van der Waals surface area contributed by atoms with Crippen LogP contribution in [0.2, 0.25) is 0 Å². The minimum atomic E-state index is -3.43. The van der Waals surface area contributed by atoms with E-state index in [2.05, 4.69) is 5.32 Å². The molecule has 6 nitrogen and oxygen atoms in total. The van der Waals surface area contributed by atoms with Gasteiger partial charge in [0, 0.05) is 18.5 Å². The van der Waals surface area contributed by atoms with Crippen LogP contribution in [0.1, 0.15) is 25.7 Å². The number of hydrogen-bond donors (Lipinski definition) is 1. The highest BCUT2D eigenvalue weighted by Crippen LogP contribution is 2.21. The summed E-state index contributed by atoms with van der Waals surface area (Å²) in [5.74, 6) is 0.241. The fourth-order valence-electron chi connectivity index (χ4n) is 2.15. The molecule has 0 spiro atoms. The number of ether oxygens (including phenoxy) is 1. The summed E-state index contributed by atoms with van der Waals surface area (Å²) in [5.41, 5.74) is 0. The van der Waals surface area contributed by atoms with Crippen molar-refractivity contribution in [2.75, 3.05) is 31.4 Å². The average Bonchev–Trinajstić information content (AvgIpc) is 3.23. The summed E-state index contributed by atoms with van der Waals surface area (Å²) in [6.07, 6.45) is 3.12. The maximum Gasteiger partial charge on any atom is 0.241 e. The molecule has 116 valence electrons. The van der Waals surface area contributed by atoms with E-state index >= 15 is 0 Å². The van der Waals surface area contributed by atoms with Crippen LogP contribution in [0, 0.1) is 0 Å².